The zero-order valence-electron chi connectivity index (χ0n) is 10.3. The van der Waals surface area contributed by atoms with Crippen LogP contribution in [-0.2, 0) is 11.2 Å². The van der Waals surface area contributed by atoms with E-state index in [0.29, 0.717) is 10.6 Å². The summed E-state index contributed by atoms with van der Waals surface area (Å²) in [4.78, 5) is 11.4. The third-order valence-corrected chi connectivity index (χ3v) is 3.67. The highest BCUT2D eigenvalue weighted by Gasteiger charge is 2.24. The molecule has 0 aliphatic heterocycles. The molecule has 104 valence electrons. The highest BCUT2D eigenvalue weighted by molar-refractivity contribution is 6.31. The van der Waals surface area contributed by atoms with E-state index < -0.39 is 17.7 Å². The number of halogens is 3. The second-order valence-electron chi connectivity index (χ2n) is 4.33. The maximum Gasteiger partial charge on any atom is 0.311 e. The van der Waals surface area contributed by atoms with Gasteiger partial charge in [0, 0.05) is 5.02 Å². The molecule has 0 aromatic heterocycles. The van der Waals surface area contributed by atoms with E-state index in [9.17, 15) is 14.3 Å². The largest absolute Gasteiger partial charge is 0.481 e. The maximum absolute atomic E-state index is 13.9. The normalized spacial score (nSPS) is 12.2. The minimum Gasteiger partial charge on any atom is -0.481 e. The van der Waals surface area contributed by atoms with Gasteiger partial charge in [0.15, 0.2) is 0 Å². The van der Waals surface area contributed by atoms with Gasteiger partial charge in [-0.3, -0.25) is 4.79 Å². The molecule has 1 N–H and O–H groups in total. The van der Waals surface area contributed by atoms with E-state index in [-0.39, 0.29) is 17.0 Å². The Morgan fingerprint density at radius 1 is 1.10 bits per heavy atom. The molecule has 0 radical (unpaired) electrons. The number of benzene rings is 2. The van der Waals surface area contributed by atoms with E-state index in [0.717, 1.165) is 0 Å². The van der Waals surface area contributed by atoms with Gasteiger partial charge < -0.3 is 5.11 Å². The quantitative estimate of drug-likeness (QED) is 0.899. The molecule has 1 unspecified atom stereocenters. The van der Waals surface area contributed by atoms with E-state index in [1.807, 2.05) is 0 Å². The topological polar surface area (TPSA) is 37.3 Å². The molecule has 0 fully saturated rings. The average Bonchev–Trinajstić information content (AvgIpc) is 2.41. The zero-order chi connectivity index (χ0) is 14.7. The van der Waals surface area contributed by atoms with Gasteiger partial charge in [-0.25, -0.2) is 4.39 Å². The molecular weight excluding hydrogens is 302 g/mol. The number of rotatable bonds is 4. The molecule has 2 aromatic rings. The van der Waals surface area contributed by atoms with Crippen molar-refractivity contribution in [2.45, 2.75) is 12.3 Å². The lowest BCUT2D eigenvalue weighted by atomic mass is 9.92. The molecule has 0 aliphatic rings. The summed E-state index contributed by atoms with van der Waals surface area (Å²) in [6.07, 6.45) is -0.00847. The lowest BCUT2D eigenvalue weighted by molar-refractivity contribution is -0.138. The standard InChI is InChI=1S/C15H11Cl2FO2/c16-12-6-2-1-5-10(12)11(15(19)20)8-9-4-3-7-13(17)14(9)18/h1-7,11H,8H2,(H,19,20). The molecule has 0 saturated carbocycles. The van der Waals surface area contributed by atoms with Crippen molar-refractivity contribution in [1.29, 1.82) is 0 Å². The number of aliphatic carboxylic acids is 1. The number of hydrogen-bond donors (Lipinski definition) is 1. The monoisotopic (exact) mass is 312 g/mol. The van der Waals surface area contributed by atoms with Crippen molar-refractivity contribution in [2.24, 2.45) is 0 Å². The highest BCUT2D eigenvalue weighted by Crippen LogP contribution is 2.29. The first-order valence-corrected chi connectivity index (χ1v) is 6.66. The lowest BCUT2D eigenvalue weighted by Gasteiger charge is -2.15. The minimum absolute atomic E-state index is 0.00847. The van der Waals surface area contributed by atoms with Crippen molar-refractivity contribution in [1.82, 2.24) is 0 Å². The smallest absolute Gasteiger partial charge is 0.311 e. The van der Waals surface area contributed by atoms with Crippen LogP contribution in [-0.4, -0.2) is 11.1 Å². The van der Waals surface area contributed by atoms with Crippen molar-refractivity contribution in [3.63, 3.8) is 0 Å². The van der Waals surface area contributed by atoms with Crippen LogP contribution in [0.3, 0.4) is 0 Å². The predicted octanol–water partition coefficient (Wildman–Crippen LogP) is 4.54. The van der Waals surface area contributed by atoms with Crippen LogP contribution >= 0.6 is 23.2 Å². The summed E-state index contributed by atoms with van der Waals surface area (Å²) < 4.78 is 13.9. The van der Waals surface area contributed by atoms with Gasteiger partial charge in [0.1, 0.15) is 5.82 Å². The summed E-state index contributed by atoms with van der Waals surface area (Å²) in [7, 11) is 0. The first-order chi connectivity index (χ1) is 9.50. The molecule has 2 nitrogen and oxygen atoms in total. The van der Waals surface area contributed by atoms with Crippen LogP contribution in [0.15, 0.2) is 42.5 Å². The van der Waals surface area contributed by atoms with Crippen LogP contribution in [0, 0.1) is 5.82 Å². The molecule has 5 heteroatoms. The Morgan fingerprint density at radius 2 is 1.75 bits per heavy atom. The van der Waals surface area contributed by atoms with Crippen LogP contribution in [0.5, 0.6) is 0 Å². The van der Waals surface area contributed by atoms with Crippen molar-refractivity contribution >= 4 is 29.2 Å². The van der Waals surface area contributed by atoms with Gasteiger partial charge in [-0.2, -0.15) is 0 Å². The molecule has 2 aromatic carbocycles. The van der Waals surface area contributed by atoms with Crippen molar-refractivity contribution in [3.05, 3.63) is 69.5 Å². The molecule has 0 bridgehead atoms. The highest BCUT2D eigenvalue weighted by atomic mass is 35.5. The lowest BCUT2D eigenvalue weighted by Crippen LogP contribution is -2.15. The molecule has 2 rings (SSSR count). The number of carboxylic acid groups (broad SMARTS) is 1. The van der Waals surface area contributed by atoms with Gasteiger partial charge in [-0.05, 0) is 29.7 Å². The van der Waals surface area contributed by atoms with Crippen LogP contribution in [0.1, 0.15) is 17.0 Å². The number of carboxylic acids is 1. The Morgan fingerprint density at radius 3 is 2.40 bits per heavy atom. The van der Waals surface area contributed by atoms with Gasteiger partial charge in [0.25, 0.3) is 0 Å². The molecule has 1 atom stereocenters. The van der Waals surface area contributed by atoms with Crippen molar-refractivity contribution < 1.29 is 14.3 Å². The fraction of sp³-hybridized carbons (Fsp3) is 0.133. The molecular formula is C15H11Cl2FO2. The van der Waals surface area contributed by atoms with Crippen LogP contribution in [0.2, 0.25) is 10.0 Å². The predicted molar refractivity (Wildman–Crippen MR) is 76.9 cm³/mol. The zero-order valence-corrected chi connectivity index (χ0v) is 11.8. The molecule has 20 heavy (non-hydrogen) atoms. The Kier molecular flexibility index (Phi) is 4.63. The Hall–Kier alpha value is -1.58. The Balaban J connectivity index is 2.39. The van der Waals surface area contributed by atoms with Gasteiger partial charge in [-0.1, -0.05) is 53.5 Å². The average molecular weight is 313 g/mol. The SMILES string of the molecule is O=C(O)C(Cc1cccc(Cl)c1F)c1ccccc1Cl. The summed E-state index contributed by atoms with van der Waals surface area (Å²) in [5, 5.41) is 9.69. The van der Waals surface area contributed by atoms with Gasteiger partial charge >= 0.3 is 5.97 Å². The Labute approximate surface area is 125 Å². The summed E-state index contributed by atoms with van der Waals surface area (Å²) in [6.45, 7) is 0. The van der Waals surface area contributed by atoms with E-state index in [1.54, 1.807) is 30.3 Å². The van der Waals surface area contributed by atoms with Crippen LogP contribution in [0.4, 0.5) is 4.39 Å². The van der Waals surface area contributed by atoms with Crippen LogP contribution in [0.25, 0.3) is 0 Å². The molecule has 0 amide bonds. The van der Waals surface area contributed by atoms with Gasteiger partial charge in [0.05, 0.1) is 10.9 Å². The first kappa shape index (κ1) is 14.8. The minimum atomic E-state index is -1.06. The van der Waals surface area contributed by atoms with Crippen LogP contribution < -0.4 is 0 Å². The summed E-state index contributed by atoms with van der Waals surface area (Å²) >= 11 is 11.7. The fourth-order valence-corrected chi connectivity index (χ4v) is 2.48. The van der Waals surface area contributed by atoms with E-state index in [2.05, 4.69) is 0 Å². The molecule has 0 saturated heterocycles. The van der Waals surface area contributed by atoms with Gasteiger partial charge in [0.2, 0.25) is 0 Å². The van der Waals surface area contributed by atoms with Crippen molar-refractivity contribution in [2.75, 3.05) is 0 Å². The second-order valence-corrected chi connectivity index (χ2v) is 5.14. The summed E-state index contributed by atoms with van der Waals surface area (Å²) in [6, 6.07) is 11.2. The number of carbonyl (C=O) groups is 1. The number of hydrogen-bond acceptors (Lipinski definition) is 1. The summed E-state index contributed by atoms with van der Waals surface area (Å²) in [5.41, 5.74) is 0.714. The van der Waals surface area contributed by atoms with Gasteiger partial charge in [-0.15, -0.1) is 0 Å². The summed E-state index contributed by atoms with van der Waals surface area (Å²) in [5.74, 6) is -2.57. The third kappa shape index (κ3) is 3.11. The third-order valence-electron chi connectivity index (χ3n) is 3.03. The second kappa shape index (κ2) is 6.25. The Bertz CT molecular complexity index is 644. The maximum atomic E-state index is 13.9. The molecule has 0 spiro atoms. The first-order valence-electron chi connectivity index (χ1n) is 5.91. The van der Waals surface area contributed by atoms with E-state index in [1.165, 1.54) is 12.1 Å². The molecule has 0 aliphatic carbocycles. The fourth-order valence-electron chi connectivity index (χ4n) is 2.01. The van der Waals surface area contributed by atoms with Crippen molar-refractivity contribution in [3.8, 4) is 0 Å². The molecule has 0 heterocycles. The van der Waals surface area contributed by atoms with E-state index >= 15 is 0 Å². The van der Waals surface area contributed by atoms with E-state index in [4.69, 9.17) is 23.2 Å².